The van der Waals surface area contributed by atoms with E-state index in [2.05, 4.69) is 35.9 Å². The van der Waals surface area contributed by atoms with Gasteiger partial charge < -0.3 is 20.7 Å². The van der Waals surface area contributed by atoms with Crippen molar-refractivity contribution >= 4 is 38.8 Å². The number of esters is 1. The predicted molar refractivity (Wildman–Crippen MR) is 142 cm³/mol. The maximum Gasteiger partial charge on any atom is 0.326 e. The molecule has 1 aromatic heterocycles. The summed E-state index contributed by atoms with van der Waals surface area (Å²) in [5, 5.41) is 16.2. The number of hydrogen-bond donors (Lipinski definition) is 5. The molecule has 0 radical (unpaired) electrons. The number of sulfonamides is 1. The molecule has 1 aliphatic rings. The van der Waals surface area contributed by atoms with Gasteiger partial charge in [0, 0.05) is 25.0 Å². The topological polar surface area (TPSA) is 167 Å². The average molecular weight is 542 g/mol. The molecular weight excluding hydrogens is 510 g/mol. The van der Waals surface area contributed by atoms with Crippen LogP contribution in [0.25, 0.3) is 10.9 Å². The van der Waals surface area contributed by atoms with Crippen LogP contribution in [0.5, 0.6) is 0 Å². The fourth-order valence-corrected chi connectivity index (χ4v) is 5.82. The van der Waals surface area contributed by atoms with Crippen molar-refractivity contribution in [2.45, 2.75) is 31.2 Å². The van der Waals surface area contributed by atoms with Crippen LogP contribution >= 0.6 is 0 Å². The molecule has 0 fully saturated rings. The predicted octanol–water partition coefficient (Wildman–Crippen LogP) is 0.739. The van der Waals surface area contributed by atoms with E-state index in [1.54, 1.807) is 50.2 Å². The monoisotopic (exact) mass is 541 g/mol. The van der Waals surface area contributed by atoms with Gasteiger partial charge in [0.25, 0.3) is 5.91 Å². The largest absolute Gasteiger partial charge is 0.464 e. The number of aromatic amines is 1. The summed E-state index contributed by atoms with van der Waals surface area (Å²) < 4.78 is 34.4. The van der Waals surface area contributed by atoms with Crippen LogP contribution in [0.15, 0.2) is 52.5 Å². The highest BCUT2D eigenvalue weighted by molar-refractivity contribution is 7.89. The number of aliphatic imine (C=N–C) groups is 1. The van der Waals surface area contributed by atoms with Crippen molar-refractivity contribution in [3.63, 3.8) is 0 Å². The number of nitrogens with one attached hydrogen (secondary N) is 5. The zero-order chi connectivity index (χ0) is 27.1. The van der Waals surface area contributed by atoms with Gasteiger partial charge in [0.1, 0.15) is 6.04 Å². The number of aromatic nitrogens is 2. The number of guanidine groups is 1. The van der Waals surface area contributed by atoms with E-state index in [1.807, 2.05) is 0 Å². The van der Waals surface area contributed by atoms with E-state index in [0.29, 0.717) is 53.1 Å². The van der Waals surface area contributed by atoms with Gasteiger partial charge in [0.15, 0.2) is 5.96 Å². The number of nitrogens with zero attached hydrogens (tertiary/aromatic N) is 2. The Morgan fingerprint density at radius 2 is 1.89 bits per heavy atom. The molecule has 1 unspecified atom stereocenters. The molecule has 0 saturated carbocycles. The molecule has 0 spiro atoms. The molecule has 2 aromatic carbocycles. The van der Waals surface area contributed by atoms with E-state index in [4.69, 9.17) is 4.74 Å². The van der Waals surface area contributed by atoms with E-state index in [0.717, 1.165) is 6.54 Å². The molecule has 4 rings (SSSR count). The highest BCUT2D eigenvalue weighted by Crippen LogP contribution is 2.20. The van der Waals surface area contributed by atoms with Crippen LogP contribution in [0.4, 0.5) is 0 Å². The Kier molecular flexibility index (Phi) is 8.59. The minimum atomic E-state index is -4.10. The molecule has 3 aromatic rings. The summed E-state index contributed by atoms with van der Waals surface area (Å²) in [7, 11) is -4.10. The molecule has 1 atom stereocenters. The third kappa shape index (κ3) is 6.47. The lowest BCUT2D eigenvalue weighted by atomic mass is 10.1. The van der Waals surface area contributed by atoms with E-state index in [1.165, 1.54) is 6.20 Å². The minimum absolute atomic E-state index is 0.0585. The second-order valence-corrected chi connectivity index (χ2v) is 10.5. The van der Waals surface area contributed by atoms with E-state index >= 15 is 0 Å². The molecule has 0 aliphatic carbocycles. The van der Waals surface area contributed by atoms with E-state index < -0.39 is 27.9 Å². The summed E-state index contributed by atoms with van der Waals surface area (Å²) in [6.45, 7) is 5.11. The maximum absolute atomic E-state index is 13.3. The number of ether oxygens (including phenoxy) is 1. The molecule has 2 heterocycles. The first kappa shape index (κ1) is 27.1. The summed E-state index contributed by atoms with van der Waals surface area (Å²) in [5.41, 5.74) is 2.09. The summed E-state index contributed by atoms with van der Waals surface area (Å²) in [6.07, 6.45) is 2.01. The standard InChI is InChI=1S/C25H31N7O5S/c1-16-6-3-7-17(2)22(16)38(35,36)32-21(24(34)37-13-5-10-26-25-27-11-12-28-25)15-29-23(33)18-8-4-9-20-19(18)14-30-31-20/h3-4,6-9,14,21,32H,5,10-13,15H2,1-2H3,(H,29,33)(H,30,31)(H2,26,27,28). The van der Waals surface area contributed by atoms with Crippen molar-refractivity contribution < 1.29 is 22.7 Å². The van der Waals surface area contributed by atoms with Gasteiger partial charge >= 0.3 is 5.97 Å². The molecule has 1 aliphatic heterocycles. The molecule has 202 valence electrons. The van der Waals surface area contributed by atoms with E-state index in [-0.39, 0.29) is 18.0 Å². The Bertz CT molecular complexity index is 1430. The molecule has 13 heteroatoms. The van der Waals surface area contributed by atoms with Crippen molar-refractivity contribution in [1.82, 2.24) is 30.9 Å². The maximum atomic E-state index is 13.3. The molecular formula is C25H31N7O5S. The highest BCUT2D eigenvalue weighted by atomic mass is 32.2. The summed E-state index contributed by atoms with van der Waals surface area (Å²) in [5.74, 6) is -0.570. The van der Waals surface area contributed by atoms with Gasteiger partial charge in [-0.1, -0.05) is 24.3 Å². The lowest BCUT2D eigenvalue weighted by molar-refractivity contribution is -0.145. The first-order valence-corrected chi connectivity index (χ1v) is 13.7. The fourth-order valence-electron chi connectivity index (χ4n) is 4.17. The van der Waals surface area contributed by atoms with Crippen molar-refractivity contribution in [2.24, 2.45) is 4.99 Å². The summed E-state index contributed by atoms with van der Waals surface area (Å²) in [4.78, 5) is 30.2. The third-order valence-corrected chi connectivity index (χ3v) is 7.76. The first-order chi connectivity index (χ1) is 18.3. The van der Waals surface area contributed by atoms with Gasteiger partial charge in [-0.2, -0.15) is 9.82 Å². The molecule has 0 saturated heterocycles. The Morgan fingerprint density at radius 3 is 2.63 bits per heavy atom. The zero-order valence-corrected chi connectivity index (χ0v) is 22.0. The Morgan fingerprint density at radius 1 is 1.13 bits per heavy atom. The molecule has 0 bridgehead atoms. The number of carbonyl (C=O) groups excluding carboxylic acids is 2. The smallest absolute Gasteiger partial charge is 0.326 e. The van der Waals surface area contributed by atoms with Crippen LogP contribution in [-0.2, 0) is 19.6 Å². The molecule has 12 nitrogen and oxygen atoms in total. The van der Waals surface area contributed by atoms with Crippen LogP contribution in [0.1, 0.15) is 27.9 Å². The number of hydrogen-bond acceptors (Lipinski definition) is 9. The van der Waals surface area contributed by atoms with Gasteiger partial charge in [-0.05, 0) is 43.5 Å². The van der Waals surface area contributed by atoms with Gasteiger partial charge in [0.2, 0.25) is 10.0 Å². The van der Waals surface area contributed by atoms with Crippen LogP contribution in [0, 0.1) is 13.8 Å². The number of rotatable bonds is 11. The van der Waals surface area contributed by atoms with Gasteiger partial charge in [-0.15, -0.1) is 0 Å². The summed E-state index contributed by atoms with van der Waals surface area (Å²) >= 11 is 0. The minimum Gasteiger partial charge on any atom is -0.464 e. The second-order valence-electron chi connectivity index (χ2n) is 8.85. The zero-order valence-electron chi connectivity index (χ0n) is 21.2. The molecule has 5 N–H and O–H groups in total. The van der Waals surface area contributed by atoms with E-state index in [9.17, 15) is 18.0 Å². The van der Waals surface area contributed by atoms with Crippen molar-refractivity contribution in [2.75, 3.05) is 32.8 Å². The SMILES string of the molecule is Cc1cccc(C)c1S(=O)(=O)NC(CNC(=O)c1cccc2[nH]ncc12)C(=O)OCCCNC1=NCCN1. The fraction of sp³-hybridized carbons (Fsp3) is 0.360. The van der Waals surface area contributed by atoms with Crippen molar-refractivity contribution in [3.8, 4) is 0 Å². The highest BCUT2D eigenvalue weighted by Gasteiger charge is 2.29. The Balaban J connectivity index is 1.44. The normalized spacial score (nSPS) is 14.0. The average Bonchev–Trinajstić information content (AvgIpc) is 3.57. The lowest BCUT2D eigenvalue weighted by Crippen LogP contribution is -2.49. The quantitative estimate of drug-likeness (QED) is 0.175. The third-order valence-electron chi connectivity index (χ3n) is 5.99. The number of H-pyrrole nitrogens is 1. The van der Waals surface area contributed by atoms with Gasteiger partial charge in [-0.25, -0.2) is 8.42 Å². The number of carbonyl (C=O) groups is 2. The second kappa shape index (κ2) is 12.0. The molecule has 38 heavy (non-hydrogen) atoms. The van der Waals surface area contributed by atoms with Crippen LogP contribution in [0.3, 0.4) is 0 Å². The summed E-state index contributed by atoms with van der Waals surface area (Å²) in [6, 6.07) is 8.87. The Hall–Kier alpha value is -3.97. The van der Waals surface area contributed by atoms with Crippen molar-refractivity contribution in [3.05, 3.63) is 59.3 Å². The number of benzene rings is 2. The number of fused-ring (bicyclic) bond motifs is 1. The van der Waals surface area contributed by atoms with Crippen LogP contribution in [0.2, 0.25) is 0 Å². The Labute approximate surface area is 220 Å². The number of aryl methyl sites for hydroxylation is 2. The first-order valence-electron chi connectivity index (χ1n) is 12.2. The lowest BCUT2D eigenvalue weighted by Gasteiger charge is -2.20. The van der Waals surface area contributed by atoms with Gasteiger partial charge in [0.05, 0.1) is 35.3 Å². The van der Waals surface area contributed by atoms with Crippen LogP contribution in [-0.4, -0.2) is 75.3 Å². The van der Waals surface area contributed by atoms with Crippen LogP contribution < -0.4 is 20.7 Å². The van der Waals surface area contributed by atoms with Gasteiger partial charge in [-0.3, -0.25) is 19.7 Å². The number of amides is 1. The van der Waals surface area contributed by atoms with Crippen molar-refractivity contribution in [1.29, 1.82) is 0 Å². The molecule has 1 amide bonds.